The van der Waals surface area contributed by atoms with Crippen LogP contribution in [0.4, 0.5) is 17.2 Å². The number of H-pyrrole nitrogens is 1. The molecule has 0 aliphatic rings. The van der Waals surface area contributed by atoms with Gasteiger partial charge in [0.2, 0.25) is 5.82 Å². The smallest absolute Gasteiger partial charge is 0.205 e. The van der Waals surface area contributed by atoms with Crippen LogP contribution < -0.4 is 10.2 Å². The van der Waals surface area contributed by atoms with Crippen molar-refractivity contribution in [3.05, 3.63) is 102 Å². The molecule has 0 unspecified atom stereocenters. The zero-order chi connectivity index (χ0) is 26.3. The summed E-state index contributed by atoms with van der Waals surface area (Å²) < 4.78 is 0. The molecular formula is C30H28N8. The van der Waals surface area contributed by atoms with Crippen molar-refractivity contribution >= 4 is 17.2 Å². The van der Waals surface area contributed by atoms with E-state index in [0.717, 1.165) is 47.1 Å². The fourth-order valence-corrected chi connectivity index (χ4v) is 4.39. The van der Waals surface area contributed by atoms with Gasteiger partial charge in [0.1, 0.15) is 11.9 Å². The minimum absolute atomic E-state index is 0.423. The van der Waals surface area contributed by atoms with Crippen LogP contribution in [0, 0.1) is 17.2 Å². The standard InChI is InChI=1S/C30H28N8/c1-21(2)19-38(20-22-10-4-3-5-11-22)29-17-24(32-27-15-9-6-12-23(27)18-31)16-28(33-29)25-13-7-8-14-26(25)30-34-36-37-35-30/h3-17,21H,19-20H2,1-2H3,(H,32,33)(H,34,35,36,37). The van der Waals surface area contributed by atoms with Gasteiger partial charge in [0.25, 0.3) is 0 Å². The van der Waals surface area contributed by atoms with E-state index < -0.39 is 0 Å². The molecule has 2 heterocycles. The highest BCUT2D eigenvalue weighted by Crippen LogP contribution is 2.34. The third-order valence-corrected chi connectivity index (χ3v) is 6.05. The van der Waals surface area contributed by atoms with Gasteiger partial charge in [0.15, 0.2) is 0 Å². The summed E-state index contributed by atoms with van der Waals surface area (Å²) in [6.07, 6.45) is 0. The maximum absolute atomic E-state index is 9.64. The molecule has 5 aromatic rings. The molecule has 0 aliphatic heterocycles. The van der Waals surface area contributed by atoms with Crippen molar-refractivity contribution in [1.29, 1.82) is 5.26 Å². The molecule has 0 aliphatic carbocycles. The monoisotopic (exact) mass is 500 g/mol. The first kappa shape index (κ1) is 24.7. The molecule has 0 fully saturated rings. The van der Waals surface area contributed by atoms with Gasteiger partial charge in [0, 0.05) is 36.0 Å². The van der Waals surface area contributed by atoms with E-state index >= 15 is 0 Å². The molecule has 0 spiro atoms. The Labute approximate surface area is 222 Å². The number of nitrogens with one attached hydrogen (secondary N) is 2. The van der Waals surface area contributed by atoms with E-state index in [1.54, 1.807) is 6.07 Å². The predicted octanol–water partition coefficient (Wildman–Crippen LogP) is 6.21. The van der Waals surface area contributed by atoms with E-state index in [4.69, 9.17) is 4.98 Å². The van der Waals surface area contributed by atoms with Gasteiger partial charge in [-0.3, -0.25) is 0 Å². The number of nitriles is 1. The van der Waals surface area contributed by atoms with Crippen LogP contribution in [-0.2, 0) is 6.54 Å². The summed E-state index contributed by atoms with van der Waals surface area (Å²) in [4.78, 5) is 7.44. The molecule has 0 saturated heterocycles. The van der Waals surface area contributed by atoms with Crippen molar-refractivity contribution in [2.45, 2.75) is 20.4 Å². The Morgan fingerprint density at radius 1 is 0.921 bits per heavy atom. The van der Waals surface area contributed by atoms with Gasteiger partial charge in [-0.2, -0.15) is 10.5 Å². The fraction of sp³-hybridized carbons (Fsp3) is 0.167. The number of hydrogen-bond acceptors (Lipinski definition) is 7. The molecule has 8 nitrogen and oxygen atoms in total. The zero-order valence-electron chi connectivity index (χ0n) is 21.3. The topological polar surface area (TPSA) is 106 Å². The Balaban J connectivity index is 1.64. The third-order valence-electron chi connectivity index (χ3n) is 6.05. The number of rotatable bonds is 9. The zero-order valence-corrected chi connectivity index (χ0v) is 21.3. The van der Waals surface area contributed by atoms with Crippen molar-refractivity contribution in [2.24, 2.45) is 5.92 Å². The lowest BCUT2D eigenvalue weighted by Crippen LogP contribution is -2.28. The molecule has 8 heteroatoms. The number of aromatic amines is 1. The third kappa shape index (κ3) is 5.68. The van der Waals surface area contributed by atoms with Crippen molar-refractivity contribution < 1.29 is 0 Å². The summed E-state index contributed by atoms with van der Waals surface area (Å²) >= 11 is 0. The molecule has 0 saturated carbocycles. The summed E-state index contributed by atoms with van der Waals surface area (Å²) in [6, 6.07) is 32.1. The molecule has 0 bridgehead atoms. The van der Waals surface area contributed by atoms with Crippen LogP contribution >= 0.6 is 0 Å². The average molecular weight is 501 g/mol. The predicted molar refractivity (Wildman–Crippen MR) is 150 cm³/mol. The van der Waals surface area contributed by atoms with Crippen LogP contribution in [0.15, 0.2) is 91.0 Å². The molecule has 0 radical (unpaired) electrons. The number of pyridine rings is 1. The molecule has 2 N–H and O–H groups in total. The molecule has 0 amide bonds. The molecule has 5 rings (SSSR count). The normalized spacial score (nSPS) is 10.8. The van der Waals surface area contributed by atoms with E-state index in [-0.39, 0.29) is 0 Å². The summed E-state index contributed by atoms with van der Waals surface area (Å²) in [7, 11) is 0. The minimum atomic E-state index is 0.423. The van der Waals surface area contributed by atoms with Crippen LogP contribution in [0.1, 0.15) is 25.0 Å². The maximum atomic E-state index is 9.64. The van der Waals surface area contributed by atoms with Crippen LogP contribution in [-0.4, -0.2) is 32.2 Å². The van der Waals surface area contributed by atoms with Gasteiger partial charge in [-0.1, -0.05) is 80.6 Å². The number of para-hydroxylation sites is 1. The van der Waals surface area contributed by atoms with Gasteiger partial charge < -0.3 is 10.2 Å². The van der Waals surface area contributed by atoms with Gasteiger partial charge >= 0.3 is 0 Å². The number of nitrogens with zero attached hydrogens (tertiary/aromatic N) is 6. The average Bonchev–Trinajstić information content (AvgIpc) is 3.48. The van der Waals surface area contributed by atoms with Gasteiger partial charge in [-0.15, -0.1) is 10.2 Å². The van der Waals surface area contributed by atoms with Crippen LogP contribution in [0.25, 0.3) is 22.6 Å². The quantitative estimate of drug-likeness (QED) is 0.248. The van der Waals surface area contributed by atoms with Crippen molar-refractivity contribution in [2.75, 3.05) is 16.8 Å². The molecule has 3 aromatic carbocycles. The lowest BCUT2D eigenvalue weighted by atomic mass is 10.0. The van der Waals surface area contributed by atoms with E-state index in [1.807, 2.05) is 60.7 Å². The minimum Gasteiger partial charge on any atom is -0.354 e. The molecule has 188 valence electrons. The first-order chi connectivity index (χ1) is 18.6. The Bertz CT molecular complexity index is 1540. The van der Waals surface area contributed by atoms with Crippen LogP contribution in [0.5, 0.6) is 0 Å². The van der Waals surface area contributed by atoms with Gasteiger partial charge in [-0.25, -0.2) is 4.98 Å². The largest absolute Gasteiger partial charge is 0.354 e. The highest BCUT2D eigenvalue weighted by molar-refractivity contribution is 5.82. The summed E-state index contributed by atoms with van der Waals surface area (Å²) in [5, 5.41) is 27.8. The first-order valence-corrected chi connectivity index (χ1v) is 12.5. The summed E-state index contributed by atoms with van der Waals surface area (Å²) in [5.41, 5.74) is 5.83. The number of anilines is 3. The second-order valence-electron chi connectivity index (χ2n) is 9.42. The van der Waals surface area contributed by atoms with Crippen molar-refractivity contribution in [1.82, 2.24) is 25.6 Å². The number of aromatic nitrogens is 5. The Morgan fingerprint density at radius 2 is 1.66 bits per heavy atom. The Morgan fingerprint density at radius 3 is 2.39 bits per heavy atom. The second-order valence-corrected chi connectivity index (χ2v) is 9.42. The molecule has 38 heavy (non-hydrogen) atoms. The van der Waals surface area contributed by atoms with Crippen molar-refractivity contribution in [3.63, 3.8) is 0 Å². The number of hydrogen-bond donors (Lipinski definition) is 2. The van der Waals surface area contributed by atoms with Crippen molar-refractivity contribution in [3.8, 4) is 28.7 Å². The fourth-order valence-electron chi connectivity index (χ4n) is 4.39. The lowest BCUT2D eigenvalue weighted by Gasteiger charge is -2.27. The van der Waals surface area contributed by atoms with E-state index in [2.05, 4.69) is 75.0 Å². The Hall–Kier alpha value is -5.03. The number of benzene rings is 3. The van der Waals surface area contributed by atoms with Crippen LogP contribution in [0.3, 0.4) is 0 Å². The number of tetrazole rings is 1. The van der Waals surface area contributed by atoms with E-state index in [9.17, 15) is 5.26 Å². The molecule has 2 aromatic heterocycles. The Kier molecular flexibility index (Phi) is 7.37. The van der Waals surface area contributed by atoms with Gasteiger partial charge in [-0.05, 0) is 34.9 Å². The lowest BCUT2D eigenvalue weighted by molar-refractivity contribution is 0.605. The van der Waals surface area contributed by atoms with E-state index in [0.29, 0.717) is 17.3 Å². The van der Waals surface area contributed by atoms with Gasteiger partial charge in [0.05, 0.1) is 16.9 Å². The first-order valence-electron chi connectivity index (χ1n) is 12.5. The highest BCUT2D eigenvalue weighted by Gasteiger charge is 2.18. The molecule has 0 atom stereocenters. The highest BCUT2D eigenvalue weighted by atomic mass is 15.5. The molecular weight excluding hydrogens is 472 g/mol. The van der Waals surface area contributed by atoms with Crippen LogP contribution in [0.2, 0.25) is 0 Å². The van der Waals surface area contributed by atoms with E-state index in [1.165, 1.54) is 5.56 Å². The maximum Gasteiger partial charge on any atom is 0.205 e. The SMILES string of the molecule is CC(C)CN(Cc1ccccc1)c1cc(Nc2ccccc2C#N)cc(-c2ccccc2-c2nn[nH]n2)n1. The summed E-state index contributed by atoms with van der Waals surface area (Å²) in [6.45, 7) is 5.95. The second kappa shape index (κ2) is 11.4. The summed E-state index contributed by atoms with van der Waals surface area (Å²) in [5.74, 6) is 1.76.